The van der Waals surface area contributed by atoms with Gasteiger partial charge in [0.2, 0.25) is 15.9 Å². The van der Waals surface area contributed by atoms with Gasteiger partial charge in [-0.05, 0) is 35.9 Å². The van der Waals surface area contributed by atoms with E-state index in [1.807, 2.05) is 0 Å². The molecule has 0 aliphatic rings. The van der Waals surface area contributed by atoms with Gasteiger partial charge < -0.3 is 9.47 Å². The van der Waals surface area contributed by atoms with E-state index in [0.29, 0.717) is 5.56 Å². The molecule has 6 nitrogen and oxygen atoms in total. The summed E-state index contributed by atoms with van der Waals surface area (Å²) < 4.78 is 74.4. The van der Waals surface area contributed by atoms with Gasteiger partial charge >= 0.3 is 6.61 Å². The Morgan fingerprint density at radius 1 is 1.10 bits per heavy atom. The third-order valence-corrected chi connectivity index (χ3v) is 5.41. The van der Waals surface area contributed by atoms with Crippen molar-refractivity contribution in [2.75, 3.05) is 0 Å². The maximum Gasteiger partial charge on any atom is 0.387 e. The maximum atomic E-state index is 13.2. The second-order valence-electron chi connectivity index (χ2n) is 5.86. The second kappa shape index (κ2) is 9.33. The average molecular weight is 459 g/mol. The molecule has 1 heterocycles. The number of hydrogen-bond donors (Lipinski definition) is 1. The quantitative estimate of drug-likeness (QED) is 0.527. The van der Waals surface area contributed by atoms with Gasteiger partial charge in [0.1, 0.15) is 17.3 Å². The monoisotopic (exact) mass is 458 g/mol. The van der Waals surface area contributed by atoms with Gasteiger partial charge in [0.25, 0.3) is 0 Å². The standard InChI is InChI=1S/C19H14ClF3N2O4S/c20-16-9-15(5-6-17(16)29-19(22)23)30(26,27)25-11-12-4-7-18(24-10-12)28-14-3-1-2-13(21)8-14/h1-10,19,25H,11H2. The van der Waals surface area contributed by atoms with Crippen LogP contribution in [0.5, 0.6) is 17.4 Å². The van der Waals surface area contributed by atoms with Crippen LogP contribution >= 0.6 is 11.6 Å². The Bertz CT molecular complexity index is 1130. The van der Waals surface area contributed by atoms with Gasteiger partial charge in [-0.25, -0.2) is 22.5 Å². The highest BCUT2D eigenvalue weighted by molar-refractivity contribution is 7.89. The highest BCUT2D eigenvalue weighted by Crippen LogP contribution is 2.28. The lowest BCUT2D eigenvalue weighted by molar-refractivity contribution is -0.0498. The first kappa shape index (κ1) is 21.9. The lowest BCUT2D eigenvalue weighted by Crippen LogP contribution is -2.23. The molecule has 0 radical (unpaired) electrons. The topological polar surface area (TPSA) is 77.5 Å². The van der Waals surface area contributed by atoms with Crippen LogP contribution in [0.25, 0.3) is 0 Å². The molecule has 0 saturated carbocycles. The second-order valence-corrected chi connectivity index (χ2v) is 8.03. The van der Waals surface area contributed by atoms with E-state index >= 15 is 0 Å². The number of hydrogen-bond acceptors (Lipinski definition) is 5. The van der Waals surface area contributed by atoms with Crippen molar-refractivity contribution in [3.05, 3.63) is 77.2 Å². The Morgan fingerprint density at radius 3 is 2.53 bits per heavy atom. The third kappa shape index (κ3) is 5.85. The Labute approximate surface area is 175 Å². The predicted octanol–water partition coefficient (Wildman–Crippen LogP) is 4.75. The van der Waals surface area contributed by atoms with Gasteiger partial charge in [-0.2, -0.15) is 8.78 Å². The Morgan fingerprint density at radius 2 is 1.90 bits per heavy atom. The lowest BCUT2D eigenvalue weighted by Gasteiger charge is -2.10. The fraction of sp³-hybridized carbons (Fsp3) is 0.105. The molecular formula is C19H14ClF3N2O4S. The first-order valence-electron chi connectivity index (χ1n) is 8.35. The van der Waals surface area contributed by atoms with Crippen LogP contribution in [0.4, 0.5) is 13.2 Å². The summed E-state index contributed by atoms with van der Waals surface area (Å²) in [6.45, 7) is -3.17. The largest absolute Gasteiger partial charge is 0.439 e. The van der Waals surface area contributed by atoms with Gasteiger partial charge in [-0.15, -0.1) is 0 Å². The van der Waals surface area contributed by atoms with Crippen LogP contribution in [0.3, 0.4) is 0 Å². The van der Waals surface area contributed by atoms with E-state index in [1.165, 1.54) is 30.5 Å². The number of rotatable bonds is 8. The number of sulfonamides is 1. The maximum absolute atomic E-state index is 13.2. The van der Waals surface area contributed by atoms with Gasteiger partial charge in [0.15, 0.2) is 0 Å². The molecule has 11 heteroatoms. The molecule has 1 N–H and O–H groups in total. The zero-order valence-corrected chi connectivity index (χ0v) is 16.6. The van der Waals surface area contributed by atoms with Gasteiger partial charge in [-0.1, -0.05) is 23.7 Å². The van der Waals surface area contributed by atoms with Crippen molar-refractivity contribution in [2.24, 2.45) is 0 Å². The van der Waals surface area contributed by atoms with Crippen LogP contribution in [0.15, 0.2) is 65.7 Å². The number of benzene rings is 2. The number of aromatic nitrogens is 1. The van der Waals surface area contributed by atoms with E-state index in [1.54, 1.807) is 12.1 Å². The fourth-order valence-corrected chi connectivity index (χ4v) is 3.66. The normalized spacial score (nSPS) is 11.5. The third-order valence-electron chi connectivity index (χ3n) is 3.71. The molecule has 1 aromatic heterocycles. The number of alkyl halides is 2. The zero-order valence-electron chi connectivity index (χ0n) is 15.1. The summed E-state index contributed by atoms with van der Waals surface area (Å²) in [7, 11) is -3.97. The number of nitrogens with zero attached hydrogens (tertiary/aromatic N) is 1. The van der Waals surface area contributed by atoms with E-state index in [-0.39, 0.29) is 33.8 Å². The van der Waals surface area contributed by atoms with Crippen molar-refractivity contribution < 1.29 is 31.1 Å². The van der Waals surface area contributed by atoms with E-state index in [2.05, 4.69) is 14.4 Å². The van der Waals surface area contributed by atoms with Crippen LogP contribution in [0.2, 0.25) is 5.02 Å². The number of ether oxygens (including phenoxy) is 2. The van der Waals surface area contributed by atoms with Gasteiger partial charge in [-0.3, -0.25) is 0 Å². The summed E-state index contributed by atoms with van der Waals surface area (Å²) in [5.41, 5.74) is 0.522. The number of pyridine rings is 1. The summed E-state index contributed by atoms with van der Waals surface area (Å²) in [5.74, 6) is -0.308. The van der Waals surface area contributed by atoms with E-state index < -0.39 is 22.5 Å². The Balaban J connectivity index is 1.63. The molecule has 3 rings (SSSR count). The van der Waals surface area contributed by atoms with E-state index in [0.717, 1.165) is 18.2 Å². The SMILES string of the molecule is O=S(=O)(NCc1ccc(Oc2cccc(F)c2)nc1)c1ccc(OC(F)F)c(Cl)c1. The predicted molar refractivity (Wildman–Crippen MR) is 103 cm³/mol. The molecule has 0 unspecified atom stereocenters. The van der Waals surface area contributed by atoms with Crippen LogP contribution in [0, 0.1) is 5.82 Å². The summed E-state index contributed by atoms with van der Waals surface area (Å²) in [4.78, 5) is 3.83. The fourth-order valence-electron chi connectivity index (χ4n) is 2.33. The Kier molecular flexibility index (Phi) is 6.80. The molecule has 2 aromatic carbocycles. The number of nitrogens with one attached hydrogen (secondary N) is 1. The van der Waals surface area contributed by atoms with Crippen LogP contribution in [0.1, 0.15) is 5.56 Å². The molecule has 158 valence electrons. The summed E-state index contributed by atoms with van der Waals surface area (Å²) in [6, 6.07) is 11.8. The van der Waals surface area contributed by atoms with E-state index in [4.69, 9.17) is 16.3 Å². The minimum atomic E-state index is -3.97. The molecule has 0 saturated heterocycles. The molecule has 0 bridgehead atoms. The summed E-state index contributed by atoms with van der Waals surface area (Å²) >= 11 is 5.79. The van der Waals surface area contributed by atoms with Crippen molar-refractivity contribution in [1.82, 2.24) is 9.71 Å². The molecule has 0 fully saturated rings. The highest BCUT2D eigenvalue weighted by atomic mass is 35.5. The summed E-state index contributed by atoms with van der Waals surface area (Å²) in [6.07, 6.45) is 1.39. The van der Waals surface area contributed by atoms with Crippen LogP contribution < -0.4 is 14.2 Å². The molecule has 0 amide bonds. The average Bonchev–Trinajstić information content (AvgIpc) is 2.69. The van der Waals surface area contributed by atoms with Crippen molar-refractivity contribution >= 4 is 21.6 Å². The first-order valence-corrected chi connectivity index (χ1v) is 10.2. The van der Waals surface area contributed by atoms with Crippen molar-refractivity contribution in [3.63, 3.8) is 0 Å². The molecule has 0 aliphatic carbocycles. The molecule has 0 spiro atoms. The molecule has 0 aliphatic heterocycles. The zero-order chi connectivity index (χ0) is 21.7. The van der Waals surface area contributed by atoms with Gasteiger partial charge in [0, 0.05) is 24.9 Å². The first-order chi connectivity index (χ1) is 14.2. The summed E-state index contributed by atoms with van der Waals surface area (Å²) in [5, 5.41) is -0.265. The van der Waals surface area contributed by atoms with Crippen LogP contribution in [-0.2, 0) is 16.6 Å². The highest BCUT2D eigenvalue weighted by Gasteiger charge is 2.17. The molecule has 0 atom stereocenters. The van der Waals surface area contributed by atoms with Crippen molar-refractivity contribution in [3.8, 4) is 17.4 Å². The van der Waals surface area contributed by atoms with Crippen molar-refractivity contribution in [1.29, 1.82) is 0 Å². The smallest absolute Gasteiger partial charge is 0.387 e. The van der Waals surface area contributed by atoms with Crippen molar-refractivity contribution in [2.45, 2.75) is 18.1 Å². The van der Waals surface area contributed by atoms with Crippen LogP contribution in [-0.4, -0.2) is 20.0 Å². The molecular weight excluding hydrogens is 445 g/mol. The van der Waals surface area contributed by atoms with Gasteiger partial charge in [0.05, 0.1) is 9.92 Å². The number of halogens is 4. The van der Waals surface area contributed by atoms with E-state index in [9.17, 15) is 21.6 Å². The molecule has 3 aromatic rings. The lowest BCUT2D eigenvalue weighted by atomic mass is 10.3. The minimum absolute atomic E-state index is 0.0948. The molecule has 30 heavy (non-hydrogen) atoms. The Hall–Kier alpha value is -2.82. The minimum Gasteiger partial charge on any atom is -0.439 e.